The summed E-state index contributed by atoms with van der Waals surface area (Å²) in [5.41, 5.74) is 1.20. The number of benzene rings is 1. The maximum Gasteiger partial charge on any atom is 0.434 e. The zero-order valence-corrected chi connectivity index (χ0v) is 19.3. The Morgan fingerprint density at radius 3 is 2.48 bits per heavy atom. The quantitative estimate of drug-likeness (QED) is 0.262. The van der Waals surface area contributed by atoms with Crippen LogP contribution < -0.4 is 10.6 Å². The van der Waals surface area contributed by atoms with E-state index >= 15 is 0 Å². The molecule has 156 valence electrons. The molecule has 3 rings (SSSR count). The first-order valence-corrected chi connectivity index (χ1v) is 10.2. The van der Waals surface area contributed by atoms with Crippen LogP contribution in [0.2, 0.25) is 0 Å². The molecule has 1 aromatic carbocycles. The summed E-state index contributed by atoms with van der Waals surface area (Å²) in [6.07, 6.45) is -3.71. The Balaban J connectivity index is 0.00000300. The molecule has 3 aromatic rings. The third-order valence-electron chi connectivity index (χ3n) is 3.72. The van der Waals surface area contributed by atoms with Crippen molar-refractivity contribution < 1.29 is 13.2 Å². The fraction of sp³-hybridized carbons (Fsp3) is 0.278. The lowest BCUT2D eigenvalue weighted by Crippen LogP contribution is -2.37. The Bertz CT molecular complexity index is 925. The summed E-state index contributed by atoms with van der Waals surface area (Å²) in [5.74, 6) is 0.502. The van der Waals surface area contributed by atoms with E-state index in [1.807, 2.05) is 35.7 Å². The molecule has 29 heavy (non-hydrogen) atoms. The molecule has 0 aliphatic rings. The summed E-state index contributed by atoms with van der Waals surface area (Å²) in [7, 11) is 1.61. The van der Waals surface area contributed by atoms with Crippen LogP contribution in [-0.2, 0) is 19.1 Å². The van der Waals surface area contributed by atoms with Gasteiger partial charge in [0.2, 0.25) is 0 Å². The van der Waals surface area contributed by atoms with Crippen molar-refractivity contribution in [2.75, 3.05) is 13.6 Å². The molecule has 0 aliphatic carbocycles. The number of guanidine groups is 1. The molecule has 0 saturated heterocycles. The molecule has 2 aromatic heterocycles. The highest BCUT2D eigenvalue weighted by Gasteiger charge is 2.33. The number of nitrogens with zero attached hydrogens (tertiary/aromatic N) is 3. The van der Waals surface area contributed by atoms with E-state index < -0.39 is 11.9 Å². The number of hydrogen-bond donors (Lipinski definition) is 2. The first-order chi connectivity index (χ1) is 13.5. The van der Waals surface area contributed by atoms with E-state index in [1.54, 1.807) is 18.4 Å². The number of nitrogens with one attached hydrogen (secondary N) is 2. The lowest BCUT2D eigenvalue weighted by molar-refractivity contribution is -0.140. The van der Waals surface area contributed by atoms with Gasteiger partial charge in [0.25, 0.3) is 0 Å². The van der Waals surface area contributed by atoms with Crippen molar-refractivity contribution >= 4 is 52.6 Å². The molecule has 0 amide bonds. The van der Waals surface area contributed by atoms with Crippen molar-refractivity contribution in [2.45, 2.75) is 19.1 Å². The highest BCUT2D eigenvalue weighted by atomic mass is 127. The average Bonchev–Trinajstić information content (AvgIpc) is 3.34. The van der Waals surface area contributed by atoms with Gasteiger partial charge >= 0.3 is 6.18 Å². The summed E-state index contributed by atoms with van der Waals surface area (Å²) < 4.78 is 37.8. The van der Waals surface area contributed by atoms with Crippen LogP contribution in [0.1, 0.15) is 16.4 Å². The molecule has 11 heteroatoms. The maximum atomic E-state index is 12.6. The highest BCUT2D eigenvalue weighted by Crippen LogP contribution is 2.29. The van der Waals surface area contributed by atoms with Crippen molar-refractivity contribution in [3.63, 3.8) is 0 Å². The molecule has 2 N–H and O–H groups in total. The van der Waals surface area contributed by atoms with Gasteiger partial charge in [0.05, 0.1) is 12.2 Å². The summed E-state index contributed by atoms with van der Waals surface area (Å²) in [6, 6.07) is 9.97. The van der Waals surface area contributed by atoms with E-state index in [-0.39, 0.29) is 30.5 Å². The van der Waals surface area contributed by atoms with Crippen molar-refractivity contribution in [1.29, 1.82) is 0 Å². The molecule has 2 heterocycles. The van der Waals surface area contributed by atoms with Crippen molar-refractivity contribution in [3.8, 4) is 10.6 Å². The number of aliphatic imine (C=N–C) groups is 1. The maximum absolute atomic E-state index is 12.6. The van der Waals surface area contributed by atoms with E-state index in [4.69, 9.17) is 0 Å². The van der Waals surface area contributed by atoms with Crippen molar-refractivity contribution in [2.24, 2.45) is 4.99 Å². The molecular weight excluding hydrogens is 534 g/mol. The van der Waals surface area contributed by atoms with E-state index in [2.05, 4.69) is 25.6 Å². The fourth-order valence-electron chi connectivity index (χ4n) is 2.35. The second-order valence-corrected chi connectivity index (χ2v) is 7.54. The molecule has 0 spiro atoms. The van der Waals surface area contributed by atoms with Gasteiger partial charge in [-0.05, 0) is 0 Å². The Morgan fingerprint density at radius 2 is 1.83 bits per heavy atom. The monoisotopic (exact) mass is 553 g/mol. The molecule has 0 fully saturated rings. The van der Waals surface area contributed by atoms with Gasteiger partial charge in [-0.25, -0.2) is 9.97 Å². The van der Waals surface area contributed by atoms with Gasteiger partial charge in [-0.1, -0.05) is 30.3 Å². The van der Waals surface area contributed by atoms with Crippen LogP contribution in [0.15, 0.2) is 46.1 Å². The minimum atomic E-state index is -4.42. The Kier molecular flexibility index (Phi) is 8.83. The summed E-state index contributed by atoms with van der Waals surface area (Å²) in [6.45, 7) is 0.776. The number of alkyl halides is 3. The minimum absolute atomic E-state index is 0. The molecule has 0 aliphatic heterocycles. The smallest absolute Gasteiger partial charge is 0.356 e. The zero-order chi connectivity index (χ0) is 20.0. The van der Waals surface area contributed by atoms with Crippen LogP contribution in [0, 0.1) is 0 Å². The Morgan fingerprint density at radius 1 is 1.07 bits per heavy atom. The predicted molar refractivity (Wildman–Crippen MR) is 122 cm³/mol. The van der Waals surface area contributed by atoms with E-state index in [0.717, 1.165) is 33.0 Å². The fourth-order valence-corrected chi connectivity index (χ4v) is 3.95. The molecule has 0 atom stereocenters. The molecule has 0 bridgehead atoms. The van der Waals surface area contributed by atoms with E-state index in [0.29, 0.717) is 23.9 Å². The van der Waals surface area contributed by atoms with Gasteiger partial charge in [-0.15, -0.1) is 46.7 Å². The number of hydrogen-bond acceptors (Lipinski definition) is 5. The Hall–Kier alpha value is -1.73. The van der Waals surface area contributed by atoms with Crippen LogP contribution >= 0.6 is 46.7 Å². The van der Waals surface area contributed by atoms with E-state index in [1.165, 1.54) is 0 Å². The van der Waals surface area contributed by atoms with Gasteiger partial charge in [0.15, 0.2) is 11.7 Å². The first kappa shape index (κ1) is 23.5. The lowest BCUT2D eigenvalue weighted by Gasteiger charge is -2.10. The number of rotatable bonds is 6. The molecule has 0 unspecified atom stereocenters. The number of halogens is 4. The van der Waals surface area contributed by atoms with Crippen LogP contribution in [0.4, 0.5) is 13.2 Å². The van der Waals surface area contributed by atoms with Crippen molar-refractivity contribution in [1.82, 2.24) is 20.6 Å². The molecule has 0 radical (unpaired) electrons. The highest BCUT2D eigenvalue weighted by molar-refractivity contribution is 14.0. The average molecular weight is 553 g/mol. The summed E-state index contributed by atoms with van der Waals surface area (Å²) in [4.78, 5) is 12.3. The largest absolute Gasteiger partial charge is 0.434 e. The van der Waals surface area contributed by atoms with Crippen LogP contribution in [0.3, 0.4) is 0 Å². The van der Waals surface area contributed by atoms with Crippen molar-refractivity contribution in [3.05, 3.63) is 57.5 Å². The lowest BCUT2D eigenvalue weighted by atomic mass is 10.2. The Labute approximate surface area is 191 Å². The normalized spacial score (nSPS) is 11.8. The van der Waals surface area contributed by atoms with Crippen LogP contribution in [0.25, 0.3) is 10.6 Å². The second-order valence-electron chi connectivity index (χ2n) is 5.74. The standard InChI is InChI=1S/C18H18F3N5S2.HI/c1-22-17(24-9-15-26-14(11-27-15)18(19,20)21)23-8-7-13-10-28-16(25-13)12-5-3-2-4-6-12;/h2-6,10-11H,7-9H2,1H3,(H2,22,23,24);1H. The van der Waals surface area contributed by atoms with Crippen LogP contribution in [0.5, 0.6) is 0 Å². The number of aromatic nitrogens is 2. The molecule has 0 saturated carbocycles. The molecular formula is C18H19F3IN5S2. The zero-order valence-electron chi connectivity index (χ0n) is 15.4. The molecule has 5 nitrogen and oxygen atoms in total. The minimum Gasteiger partial charge on any atom is -0.356 e. The second kappa shape index (κ2) is 10.9. The summed E-state index contributed by atoms with van der Waals surface area (Å²) >= 11 is 2.56. The van der Waals surface area contributed by atoms with Gasteiger partial charge in [0.1, 0.15) is 10.0 Å². The van der Waals surface area contributed by atoms with Gasteiger partial charge in [-0.2, -0.15) is 13.2 Å². The predicted octanol–water partition coefficient (Wildman–Crippen LogP) is 4.81. The van der Waals surface area contributed by atoms with E-state index in [9.17, 15) is 13.2 Å². The van der Waals surface area contributed by atoms with Gasteiger partial charge < -0.3 is 10.6 Å². The number of thiazole rings is 2. The van der Waals surface area contributed by atoms with Gasteiger partial charge in [-0.3, -0.25) is 4.99 Å². The topological polar surface area (TPSA) is 62.2 Å². The third-order valence-corrected chi connectivity index (χ3v) is 5.51. The SMILES string of the molecule is CN=C(NCCc1csc(-c2ccccc2)n1)NCc1nc(C(F)(F)F)cs1.I. The first-order valence-electron chi connectivity index (χ1n) is 8.41. The van der Waals surface area contributed by atoms with Crippen LogP contribution in [-0.4, -0.2) is 29.5 Å². The van der Waals surface area contributed by atoms with Gasteiger partial charge in [0, 0.05) is 36.3 Å². The summed E-state index contributed by atoms with van der Waals surface area (Å²) in [5, 5.41) is 10.5. The third kappa shape index (κ3) is 6.93.